The lowest BCUT2D eigenvalue weighted by Gasteiger charge is -2.14. The molecule has 3 rings (SSSR count). The molecule has 0 fully saturated rings. The van der Waals surface area contributed by atoms with Crippen LogP contribution < -0.4 is 15.0 Å². The van der Waals surface area contributed by atoms with Crippen molar-refractivity contribution in [3.63, 3.8) is 0 Å². The van der Waals surface area contributed by atoms with Gasteiger partial charge in [-0.05, 0) is 41.1 Å². The molecule has 0 atom stereocenters. The maximum atomic E-state index is 12.7. The Morgan fingerprint density at radius 2 is 1.59 bits per heavy atom. The molecule has 0 bridgehead atoms. The zero-order chi connectivity index (χ0) is 19.6. The van der Waals surface area contributed by atoms with Crippen molar-refractivity contribution in [2.45, 2.75) is 13.3 Å². The number of benzene rings is 2. The second-order valence-corrected chi connectivity index (χ2v) is 6.36. The van der Waals surface area contributed by atoms with Gasteiger partial charge in [0.25, 0.3) is 5.56 Å². The third-order valence-corrected chi connectivity index (χ3v) is 4.80. The van der Waals surface area contributed by atoms with Crippen LogP contribution in [-0.4, -0.2) is 19.2 Å². The standard InChI is InChI=1S/C23H23NO3/c1-6-16-9-8-15(10-17(16)7-2)11-20-19-13-22(27-5)21(26-4)12-18(19)14(3)24-23(20)25/h6-10,12-13H,1-2,11H2,3-5H3,(H,24,25). The van der Waals surface area contributed by atoms with Crippen molar-refractivity contribution in [2.75, 3.05) is 14.2 Å². The molecule has 0 unspecified atom stereocenters. The maximum absolute atomic E-state index is 12.7. The average Bonchev–Trinajstić information content (AvgIpc) is 2.69. The lowest BCUT2D eigenvalue weighted by Crippen LogP contribution is -2.15. The lowest BCUT2D eigenvalue weighted by molar-refractivity contribution is 0.356. The maximum Gasteiger partial charge on any atom is 0.252 e. The molecule has 1 aromatic heterocycles. The summed E-state index contributed by atoms with van der Waals surface area (Å²) in [4.78, 5) is 15.7. The van der Waals surface area contributed by atoms with Gasteiger partial charge in [-0.1, -0.05) is 43.5 Å². The molecule has 1 heterocycles. The minimum atomic E-state index is -0.0971. The number of hydrogen-bond donors (Lipinski definition) is 1. The van der Waals surface area contributed by atoms with Crippen LogP contribution in [0.4, 0.5) is 0 Å². The molecule has 138 valence electrons. The normalized spacial score (nSPS) is 10.6. The van der Waals surface area contributed by atoms with Crippen molar-refractivity contribution in [1.29, 1.82) is 0 Å². The number of hydrogen-bond acceptors (Lipinski definition) is 3. The molecule has 0 aliphatic carbocycles. The molecular weight excluding hydrogens is 338 g/mol. The van der Waals surface area contributed by atoms with Crippen LogP contribution in [0.5, 0.6) is 11.5 Å². The van der Waals surface area contributed by atoms with Crippen molar-refractivity contribution >= 4 is 22.9 Å². The molecular formula is C23H23NO3. The van der Waals surface area contributed by atoms with Crippen LogP contribution in [0.3, 0.4) is 0 Å². The van der Waals surface area contributed by atoms with Gasteiger partial charge < -0.3 is 14.5 Å². The van der Waals surface area contributed by atoms with Crippen molar-refractivity contribution in [3.05, 3.63) is 81.8 Å². The number of nitrogens with one attached hydrogen (secondary N) is 1. The van der Waals surface area contributed by atoms with Crippen LogP contribution in [0.25, 0.3) is 22.9 Å². The third-order valence-electron chi connectivity index (χ3n) is 4.80. The van der Waals surface area contributed by atoms with Crippen molar-refractivity contribution in [2.24, 2.45) is 0 Å². The Balaban J connectivity index is 2.21. The quantitative estimate of drug-likeness (QED) is 0.690. The molecule has 0 amide bonds. The molecule has 0 saturated heterocycles. The van der Waals surface area contributed by atoms with Crippen LogP contribution in [0.2, 0.25) is 0 Å². The number of aryl methyl sites for hydroxylation is 1. The molecule has 0 aliphatic rings. The molecule has 27 heavy (non-hydrogen) atoms. The van der Waals surface area contributed by atoms with E-state index in [2.05, 4.69) is 18.1 Å². The molecule has 0 spiro atoms. The zero-order valence-electron chi connectivity index (χ0n) is 15.9. The number of aromatic nitrogens is 1. The summed E-state index contributed by atoms with van der Waals surface area (Å²) in [5.41, 5.74) is 4.44. The van der Waals surface area contributed by atoms with Gasteiger partial charge in [0.1, 0.15) is 0 Å². The monoisotopic (exact) mass is 361 g/mol. The predicted octanol–water partition coefficient (Wildman–Crippen LogP) is 4.73. The predicted molar refractivity (Wildman–Crippen MR) is 112 cm³/mol. The van der Waals surface area contributed by atoms with E-state index in [1.54, 1.807) is 26.4 Å². The fourth-order valence-electron chi connectivity index (χ4n) is 3.35. The first-order chi connectivity index (χ1) is 13.0. The summed E-state index contributed by atoms with van der Waals surface area (Å²) in [6, 6.07) is 9.82. The Morgan fingerprint density at radius 3 is 2.19 bits per heavy atom. The number of fused-ring (bicyclic) bond motifs is 1. The lowest BCUT2D eigenvalue weighted by atomic mass is 9.96. The van der Waals surface area contributed by atoms with Crippen LogP contribution in [-0.2, 0) is 6.42 Å². The van der Waals surface area contributed by atoms with Crippen LogP contribution >= 0.6 is 0 Å². The number of pyridine rings is 1. The fraction of sp³-hybridized carbons (Fsp3) is 0.174. The summed E-state index contributed by atoms with van der Waals surface area (Å²) in [7, 11) is 3.19. The molecule has 4 heteroatoms. The number of aromatic amines is 1. The van der Waals surface area contributed by atoms with E-state index in [9.17, 15) is 4.79 Å². The van der Waals surface area contributed by atoms with Gasteiger partial charge in [-0.3, -0.25) is 4.79 Å². The molecule has 0 saturated carbocycles. The van der Waals surface area contributed by atoms with E-state index >= 15 is 0 Å². The summed E-state index contributed by atoms with van der Waals surface area (Å²) < 4.78 is 10.8. The highest BCUT2D eigenvalue weighted by Gasteiger charge is 2.15. The molecule has 3 aromatic rings. The van der Waals surface area contributed by atoms with E-state index in [-0.39, 0.29) is 5.56 Å². The van der Waals surface area contributed by atoms with Crippen LogP contribution in [0.15, 0.2) is 48.3 Å². The fourth-order valence-corrected chi connectivity index (χ4v) is 3.35. The number of ether oxygens (including phenoxy) is 2. The van der Waals surface area contributed by atoms with Gasteiger partial charge in [-0.25, -0.2) is 0 Å². The SMILES string of the molecule is C=Cc1ccc(Cc2c(=O)[nH]c(C)c3cc(OC)c(OC)cc23)cc1C=C. The molecule has 4 nitrogen and oxygen atoms in total. The van der Waals surface area contributed by atoms with Crippen molar-refractivity contribution in [3.8, 4) is 11.5 Å². The first-order valence-electron chi connectivity index (χ1n) is 8.67. The second kappa shape index (κ2) is 7.54. The van der Waals surface area contributed by atoms with Crippen molar-refractivity contribution < 1.29 is 9.47 Å². The summed E-state index contributed by atoms with van der Waals surface area (Å²) in [5.74, 6) is 1.24. The highest BCUT2D eigenvalue weighted by atomic mass is 16.5. The van der Waals surface area contributed by atoms with Gasteiger partial charge in [-0.2, -0.15) is 0 Å². The highest BCUT2D eigenvalue weighted by molar-refractivity contribution is 5.90. The van der Waals surface area contributed by atoms with Crippen LogP contribution in [0, 0.1) is 6.92 Å². The molecule has 0 aliphatic heterocycles. The minimum Gasteiger partial charge on any atom is -0.493 e. The van der Waals surface area contributed by atoms with Gasteiger partial charge in [-0.15, -0.1) is 0 Å². The second-order valence-electron chi connectivity index (χ2n) is 6.36. The minimum absolute atomic E-state index is 0.0971. The van der Waals surface area contributed by atoms with E-state index in [1.807, 2.05) is 37.3 Å². The van der Waals surface area contributed by atoms with E-state index in [4.69, 9.17) is 9.47 Å². The highest BCUT2D eigenvalue weighted by Crippen LogP contribution is 2.34. The Kier molecular flexibility index (Phi) is 5.17. The summed E-state index contributed by atoms with van der Waals surface area (Å²) in [6.07, 6.45) is 4.10. The van der Waals surface area contributed by atoms with E-state index in [0.29, 0.717) is 23.5 Å². The number of H-pyrrole nitrogens is 1. The van der Waals surface area contributed by atoms with E-state index in [1.165, 1.54) is 0 Å². The largest absolute Gasteiger partial charge is 0.493 e. The first-order valence-corrected chi connectivity index (χ1v) is 8.67. The summed E-state index contributed by atoms with van der Waals surface area (Å²) in [5, 5.41) is 1.80. The summed E-state index contributed by atoms with van der Waals surface area (Å²) >= 11 is 0. The van der Waals surface area contributed by atoms with E-state index in [0.717, 1.165) is 33.2 Å². The smallest absolute Gasteiger partial charge is 0.252 e. The molecule has 2 aromatic carbocycles. The number of methoxy groups -OCH3 is 2. The van der Waals surface area contributed by atoms with Gasteiger partial charge >= 0.3 is 0 Å². The van der Waals surface area contributed by atoms with E-state index < -0.39 is 0 Å². The Bertz CT molecular complexity index is 1090. The Morgan fingerprint density at radius 1 is 0.963 bits per heavy atom. The van der Waals surface area contributed by atoms with Gasteiger partial charge in [0.05, 0.1) is 14.2 Å². The summed E-state index contributed by atoms with van der Waals surface area (Å²) in [6.45, 7) is 9.57. The van der Waals surface area contributed by atoms with Crippen molar-refractivity contribution in [1.82, 2.24) is 4.98 Å². The van der Waals surface area contributed by atoms with Gasteiger partial charge in [0.2, 0.25) is 0 Å². The average molecular weight is 361 g/mol. The first kappa shape index (κ1) is 18.5. The third kappa shape index (κ3) is 3.38. The zero-order valence-corrected chi connectivity index (χ0v) is 15.9. The Labute approximate surface area is 158 Å². The molecule has 1 N–H and O–H groups in total. The van der Waals surface area contributed by atoms with Gasteiger partial charge in [0.15, 0.2) is 11.5 Å². The number of rotatable bonds is 6. The van der Waals surface area contributed by atoms with Crippen LogP contribution in [0.1, 0.15) is 27.9 Å². The molecule has 0 radical (unpaired) electrons. The topological polar surface area (TPSA) is 51.3 Å². The van der Waals surface area contributed by atoms with Gasteiger partial charge in [0, 0.05) is 23.1 Å². The Hall–Kier alpha value is -3.27.